The molecule has 1 unspecified atom stereocenters. The second kappa shape index (κ2) is 9.38. The van der Waals surface area contributed by atoms with E-state index in [4.69, 9.17) is 14.2 Å². The van der Waals surface area contributed by atoms with Gasteiger partial charge in [0.05, 0.1) is 24.9 Å². The monoisotopic (exact) mass is 459 g/mol. The number of fused-ring (bicyclic) bond motifs is 2. The van der Waals surface area contributed by atoms with E-state index in [0.717, 1.165) is 41.4 Å². The highest BCUT2D eigenvalue weighted by atomic mass is 16.5. The van der Waals surface area contributed by atoms with Crippen LogP contribution in [-0.2, 0) is 16.0 Å². The Balaban J connectivity index is 1.35. The number of carbonyl (C=O) groups is 1. The Hall–Kier alpha value is -3.52. The van der Waals surface area contributed by atoms with Gasteiger partial charge in [-0.1, -0.05) is 23.4 Å². The fourth-order valence-electron chi connectivity index (χ4n) is 4.77. The lowest BCUT2D eigenvalue weighted by Crippen LogP contribution is -2.28. The minimum atomic E-state index is -0.219. The Morgan fingerprint density at radius 1 is 1.29 bits per heavy atom. The molecule has 34 heavy (non-hydrogen) atoms. The van der Waals surface area contributed by atoms with Crippen LogP contribution >= 0.6 is 0 Å². The molecule has 0 bridgehead atoms. The fraction of sp³-hybridized carbons (Fsp3) is 0.385. The van der Waals surface area contributed by atoms with Gasteiger partial charge in [-0.05, 0) is 68.9 Å². The molecule has 1 N–H and O–H groups in total. The Morgan fingerprint density at radius 3 is 3.00 bits per heavy atom. The number of nitrogens with zero attached hydrogens (tertiary/aromatic N) is 4. The van der Waals surface area contributed by atoms with Crippen molar-refractivity contribution in [1.29, 1.82) is 0 Å². The Morgan fingerprint density at radius 2 is 2.18 bits per heavy atom. The summed E-state index contributed by atoms with van der Waals surface area (Å²) < 4.78 is 12.7. The predicted octanol–water partition coefficient (Wildman–Crippen LogP) is 4.52. The zero-order valence-electron chi connectivity index (χ0n) is 19.7. The third-order valence-electron chi connectivity index (χ3n) is 6.36. The molecule has 2 heterocycles. The highest BCUT2D eigenvalue weighted by Crippen LogP contribution is 2.38. The number of ether oxygens (including phenoxy) is 1. The van der Waals surface area contributed by atoms with Crippen molar-refractivity contribution in [2.24, 2.45) is 0 Å². The first-order valence-corrected chi connectivity index (χ1v) is 11.8. The van der Waals surface area contributed by atoms with Crippen LogP contribution in [0.1, 0.15) is 50.3 Å². The summed E-state index contributed by atoms with van der Waals surface area (Å²) in [5.41, 5.74) is 5.51. The SMILES string of the molecule is CCOC(=O)CNCC1CCc2c(-c3noc(-c4ccc5c(cnn5C(C)C)c4)n3)cccc21. The van der Waals surface area contributed by atoms with Crippen LogP contribution in [0.25, 0.3) is 33.7 Å². The Labute approximate surface area is 198 Å². The smallest absolute Gasteiger partial charge is 0.319 e. The summed E-state index contributed by atoms with van der Waals surface area (Å²) >= 11 is 0. The van der Waals surface area contributed by atoms with Gasteiger partial charge in [-0.15, -0.1) is 0 Å². The van der Waals surface area contributed by atoms with Crippen molar-refractivity contribution in [2.75, 3.05) is 19.7 Å². The first-order chi connectivity index (χ1) is 16.5. The summed E-state index contributed by atoms with van der Waals surface area (Å²) in [6.45, 7) is 7.41. The summed E-state index contributed by atoms with van der Waals surface area (Å²) in [5, 5.41) is 13.1. The lowest BCUT2D eigenvalue weighted by molar-refractivity contribution is -0.142. The Bertz CT molecular complexity index is 1320. The fourth-order valence-corrected chi connectivity index (χ4v) is 4.77. The van der Waals surface area contributed by atoms with Gasteiger partial charge in [0.1, 0.15) is 0 Å². The van der Waals surface area contributed by atoms with Gasteiger partial charge in [0.25, 0.3) is 5.89 Å². The summed E-state index contributed by atoms with van der Waals surface area (Å²) in [5.74, 6) is 1.22. The van der Waals surface area contributed by atoms with Crippen molar-refractivity contribution in [1.82, 2.24) is 25.2 Å². The molecule has 0 saturated carbocycles. The predicted molar refractivity (Wildman–Crippen MR) is 129 cm³/mol. The zero-order valence-corrected chi connectivity index (χ0v) is 19.7. The van der Waals surface area contributed by atoms with Crippen molar-refractivity contribution < 1.29 is 14.1 Å². The molecule has 2 aromatic carbocycles. The van der Waals surface area contributed by atoms with Crippen LogP contribution in [0.3, 0.4) is 0 Å². The molecule has 5 rings (SSSR count). The Kier molecular flexibility index (Phi) is 6.15. The second-order valence-corrected chi connectivity index (χ2v) is 8.92. The molecule has 2 aromatic heterocycles. The summed E-state index contributed by atoms with van der Waals surface area (Å²) in [6, 6.07) is 12.6. The van der Waals surface area contributed by atoms with E-state index in [-0.39, 0.29) is 12.5 Å². The van der Waals surface area contributed by atoms with Crippen LogP contribution in [-0.4, -0.2) is 45.6 Å². The van der Waals surface area contributed by atoms with Gasteiger partial charge in [0.15, 0.2) is 0 Å². The topological polar surface area (TPSA) is 95.1 Å². The first-order valence-electron chi connectivity index (χ1n) is 11.8. The van der Waals surface area contributed by atoms with Crippen LogP contribution < -0.4 is 5.32 Å². The molecule has 0 radical (unpaired) electrons. The molecule has 0 spiro atoms. The van der Waals surface area contributed by atoms with E-state index in [1.165, 1.54) is 11.1 Å². The molecule has 8 nitrogen and oxygen atoms in total. The number of hydrogen-bond acceptors (Lipinski definition) is 7. The van der Waals surface area contributed by atoms with Crippen LogP contribution in [0.2, 0.25) is 0 Å². The van der Waals surface area contributed by atoms with Gasteiger partial charge in [-0.25, -0.2) is 0 Å². The highest BCUT2D eigenvalue weighted by molar-refractivity contribution is 5.83. The quantitative estimate of drug-likeness (QED) is 0.387. The lowest BCUT2D eigenvalue weighted by atomic mass is 9.98. The second-order valence-electron chi connectivity index (χ2n) is 8.92. The lowest BCUT2D eigenvalue weighted by Gasteiger charge is -2.13. The van der Waals surface area contributed by atoms with Gasteiger partial charge in [0, 0.05) is 29.1 Å². The van der Waals surface area contributed by atoms with E-state index in [1.807, 2.05) is 36.0 Å². The number of nitrogens with one attached hydrogen (secondary N) is 1. The number of carbonyl (C=O) groups excluding carboxylic acids is 1. The third-order valence-corrected chi connectivity index (χ3v) is 6.36. The molecule has 4 aromatic rings. The maximum absolute atomic E-state index is 11.6. The van der Waals surface area contributed by atoms with Crippen molar-refractivity contribution in [3.05, 3.63) is 53.7 Å². The molecule has 0 saturated heterocycles. The number of hydrogen-bond donors (Lipinski definition) is 1. The van der Waals surface area contributed by atoms with Gasteiger partial charge >= 0.3 is 5.97 Å². The number of esters is 1. The van der Waals surface area contributed by atoms with Crippen molar-refractivity contribution in [3.8, 4) is 22.8 Å². The molecule has 0 fully saturated rings. The molecule has 8 heteroatoms. The third kappa shape index (κ3) is 4.21. The number of aromatic nitrogens is 4. The van der Waals surface area contributed by atoms with E-state index in [2.05, 4.69) is 47.6 Å². The molecule has 1 aliphatic carbocycles. The number of benzene rings is 2. The van der Waals surface area contributed by atoms with Crippen LogP contribution in [0.4, 0.5) is 0 Å². The average molecular weight is 460 g/mol. The van der Waals surface area contributed by atoms with Gasteiger partial charge in [-0.2, -0.15) is 10.1 Å². The van der Waals surface area contributed by atoms with Crippen molar-refractivity contribution >= 4 is 16.9 Å². The van der Waals surface area contributed by atoms with E-state index >= 15 is 0 Å². The standard InChI is InChI=1S/C26H29N5O3/c1-4-33-24(32)15-27-13-18-8-10-21-20(18)6-5-7-22(21)25-29-26(34-30-25)17-9-11-23-19(12-17)14-28-31(23)16(2)3/h5-7,9,11-12,14,16,18,27H,4,8,10,13,15H2,1-3H3. The average Bonchev–Trinajstić information content (AvgIpc) is 3.57. The van der Waals surface area contributed by atoms with Crippen LogP contribution in [0.5, 0.6) is 0 Å². The molecular formula is C26H29N5O3. The minimum Gasteiger partial charge on any atom is -0.465 e. The van der Waals surface area contributed by atoms with Gasteiger partial charge < -0.3 is 14.6 Å². The first kappa shape index (κ1) is 22.3. The molecule has 1 atom stereocenters. The molecule has 1 aliphatic rings. The summed E-state index contributed by atoms with van der Waals surface area (Å²) in [6.07, 6.45) is 3.83. The van der Waals surface area contributed by atoms with E-state index in [0.29, 0.717) is 30.3 Å². The minimum absolute atomic E-state index is 0.219. The van der Waals surface area contributed by atoms with Crippen molar-refractivity contribution in [3.63, 3.8) is 0 Å². The molecular weight excluding hydrogens is 430 g/mol. The molecule has 0 aliphatic heterocycles. The normalized spacial score (nSPS) is 15.2. The van der Waals surface area contributed by atoms with Crippen molar-refractivity contribution in [2.45, 2.75) is 45.6 Å². The van der Waals surface area contributed by atoms with Crippen LogP contribution in [0.15, 0.2) is 47.1 Å². The largest absolute Gasteiger partial charge is 0.465 e. The summed E-state index contributed by atoms with van der Waals surface area (Å²) in [7, 11) is 0. The van der Waals surface area contributed by atoms with Crippen LogP contribution in [0, 0.1) is 0 Å². The van der Waals surface area contributed by atoms with E-state index in [9.17, 15) is 4.79 Å². The van der Waals surface area contributed by atoms with E-state index < -0.39 is 0 Å². The molecule has 176 valence electrons. The maximum atomic E-state index is 11.6. The maximum Gasteiger partial charge on any atom is 0.319 e. The van der Waals surface area contributed by atoms with E-state index in [1.54, 1.807) is 0 Å². The van der Waals surface area contributed by atoms with Gasteiger partial charge in [0.2, 0.25) is 5.82 Å². The van der Waals surface area contributed by atoms with Gasteiger partial charge in [-0.3, -0.25) is 9.48 Å². The molecule has 0 amide bonds. The highest BCUT2D eigenvalue weighted by Gasteiger charge is 2.26. The number of rotatable bonds is 8. The zero-order chi connectivity index (χ0) is 23.7. The summed E-state index contributed by atoms with van der Waals surface area (Å²) in [4.78, 5) is 16.3.